The van der Waals surface area contributed by atoms with E-state index in [1.54, 1.807) is 18.2 Å². The lowest BCUT2D eigenvalue weighted by molar-refractivity contribution is -0.116. The average molecular weight is 290 g/mol. The van der Waals surface area contributed by atoms with Gasteiger partial charge < -0.3 is 15.8 Å². The number of anilines is 2. The Bertz CT molecular complexity index is 732. The highest BCUT2D eigenvalue weighted by molar-refractivity contribution is 5.94. The summed E-state index contributed by atoms with van der Waals surface area (Å²) in [6, 6.07) is 7.09. The number of aryl methyl sites for hydroxylation is 1. The van der Waals surface area contributed by atoms with Crippen LogP contribution in [-0.2, 0) is 11.2 Å². The van der Waals surface area contributed by atoms with Gasteiger partial charge in [-0.1, -0.05) is 0 Å². The molecule has 21 heavy (non-hydrogen) atoms. The molecule has 0 atom stereocenters. The van der Waals surface area contributed by atoms with Crippen LogP contribution < -0.4 is 15.8 Å². The van der Waals surface area contributed by atoms with E-state index >= 15 is 0 Å². The smallest absolute Gasteiger partial charge is 0.224 e. The van der Waals surface area contributed by atoms with Gasteiger partial charge in [0.25, 0.3) is 0 Å². The summed E-state index contributed by atoms with van der Waals surface area (Å²) in [7, 11) is 0. The van der Waals surface area contributed by atoms with Crippen LogP contribution in [0.15, 0.2) is 30.3 Å². The Morgan fingerprint density at radius 3 is 2.76 bits per heavy atom. The second kappa shape index (κ2) is 5.05. The molecule has 0 fully saturated rings. The van der Waals surface area contributed by atoms with Crippen LogP contribution in [0.5, 0.6) is 11.5 Å². The number of hydrogen-bond acceptors (Lipinski definition) is 3. The normalized spacial score (nSPS) is 13.5. The van der Waals surface area contributed by atoms with Crippen LogP contribution in [0.3, 0.4) is 0 Å². The summed E-state index contributed by atoms with van der Waals surface area (Å²) in [5, 5.41) is 2.73. The second-order valence-corrected chi connectivity index (χ2v) is 4.75. The number of nitrogens with two attached hydrogens (primary N) is 1. The number of benzene rings is 2. The van der Waals surface area contributed by atoms with Gasteiger partial charge in [0.15, 0.2) is 11.6 Å². The van der Waals surface area contributed by atoms with Crippen LogP contribution in [-0.4, -0.2) is 5.91 Å². The van der Waals surface area contributed by atoms with Crippen LogP contribution in [0.2, 0.25) is 0 Å². The minimum Gasteiger partial charge on any atom is -0.452 e. The number of hydrogen-bond donors (Lipinski definition) is 2. The van der Waals surface area contributed by atoms with E-state index in [0.29, 0.717) is 24.3 Å². The molecule has 0 aliphatic carbocycles. The summed E-state index contributed by atoms with van der Waals surface area (Å²) in [6.45, 7) is 0. The molecule has 0 saturated heterocycles. The second-order valence-electron chi connectivity index (χ2n) is 4.75. The number of fused-ring (bicyclic) bond motifs is 1. The molecule has 2 aromatic rings. The Balaban J connectivity index is 1.93. The Morgan fingerprint density at radius 2 is 1.95 bits per heavy atom. The van der Waals surface area contributed by atoms with E-state index in [9.17, 15) is 13.6 Å². The number of ether oxygens (including phenoxy) is 1. The Hall–Kier alpha value is -2.63. The van der Waals surface area contributed by atoms with Crippen molar-refractivity contribution < 1.29 is 18.3 Å². The van der Waals surface area contributed by atoms with Crippen molar-refractivity contribution in [3.63, 3.8) is 0 Å². The zero-order chi connectivity index (χ0) is 15.0. The van der Waals surface area contributed by atoms with E-state index in [0.717, 1.165) is 11.6 Å². The van der Waals surface area contributed by atoms with Crippen molar-refractivity contribution in [2.45, 2.75) is 12.8 Å². The Labute approximate surface area is 119 Å². The molecule has 6 heteroatoms. The van der Waals surface area contributed by atoms with Gasteiger partial charge in [0.05, 0.1) is 5.69 Å². The fourth-order valence-electron chi connectivity index (χ4n) is 2.19. The van der Waals surface area contributed by atoms with Crippen molar-refractivity contribution in [3.8, 4) is 11.5 Å². The minimum absolute atomic E-state index is 0.0138. The van der Waals surface area contributed by atoms with Gasteiger partial charge in [0.1, 0.15) is 5.75 Å². The van der Waals surface area contributed by atoms with Crippen LogP contribution in [0.25, 0.3) is 0 Å². The van der Waals surface area contributed by atoms with E-state index in [1.807, 2.05) is 0 Å². The number of carbonyl (C=O) groups is 1. The van der Waals surface area contributed by atoms with E-state index < -0.39 is 11.6 Å². The summed E-state index contributed by atoms with van der Waals surface area (Å²) in [5.74, 6) is -2.20. The first-order chi connectivity index (χ1) is 10.0. The Kier molecular flexibility index (Phi) is 3.21. The van der Waals surface area contributed by atoms with Crippen LogP contribution in [0.1, 0.15) is 12.0 Å². The standard InChI is InChI=1S/C15H12F2N2O2/c16-10-3-4-11(18)15(14(10)17)21-9-2-5-12-8(7-9)1-6-13(20)19-12/h2-5,7H,1,6,18H2,(H,19,20). The summed E-state index contributed by atoms with van der Waals surface area (Å²) in [6.07, 6.45) is 0.951. The van der Waals surface area contributed by atoms with Crippen molar-refractivity contribution in [1.29, 1.82) is 0 Å². The van der Waals surface area contributed by atoms with Crippen molar-refractivity contribution in [2.24, 2.45) is 0 Å². The third-order valence-corrected chi connectivity index (χ3v) is 3.27. The number of amides is 1. The zero-order valence-corrected chi connectivity index (χ0v) is 11.0. The molecule has 1 heterocycles. The maximum Gasteiger partial charge on any atom is 0.224 e. The number of rotatable bonds is 2. The van der Waals surface area contributed by atoms with Crippen molar-refractivity contribution in [2.75, 3.05) is 11.1 Å². The molecule has 0 radical (unpaired) electrons. The molecule has 4 nitrogen and oxygen atoms in total. The van der Waals surface area contributed by atoms with Gasteiger partial charge in [-0.3, -0.25) is 4.79 Å². The maximum absolute atomic E-state index is 13.7. The number of halogens is 2. The number of nitrogen functional groups attached to an aromatic ring is 1. The molecule has 1 aliphatic heterocycles. The van der Waals surface area contributed by atoms with Crippen LogP contribution in [0, 0.1) is 11.6 Å². The predicted octanol–water partition coefficient (Wildman–Crippen LogP) is 3.22. The highest BCUT2D eigenvalue weighted by atomic mass is 19.2. The van der Waals surface area contributed by atoms with Gasteiger partial charge in [-0.05, 0) is 42.3 Å². The molecule has 0 aromatic heterocycles. The summed E-state index contributed by atoms with van der Waals surface area (Å²) in [4.78, 5) is 11.3. The van der Waals surface area contributed by atoms with Crippen LogP contribution >= 0.6 is 0 Å². The molecule has 0 saturated carbocycles. The molecule has 108 valence electrons. The highest BCUT2D eigenvalue weighted by Gasteiger charge is 2.17. The molecule has 0 spiro atoms. The number of carbonyl (C=O) groups excluding carboxylic acids is 1. The van der Waals surface area contributed by atoms with E-state index in [-0.39, 0.29) is 17.3 Å². The minimum atomic E-state index is -1.12. The zero-order valence-electron chi connectivity index (χ0n) is 11.0. The third kappa shape index (κ3) is 2.52. The van der Waals surface area contributed by atoms with Crippen molar-refractivity contribution >= 4 is 17.3 Å². The highest BCUT2D eigenvalue weighted by Crippen LogP contribution is 2.34. The lowest BCUT2D eigenvalue weighted by Gasteiger charge is -2.18. The molecular weight excluding hydrogens is 278 g/mol. The van der Waals surface area contributed by atoms with Gasteiger partial charge in [0.2, 0.25) is 11.7 Å². The monoisotopic (exact) mass is 290 g/mol. The first kappa shape index (κ1) is 13.4. The van der Waals surface area contributed by atoms with E-state index in [2.05, 4.69) is 5.32 Å². The van der Waals surface area contributed by atoms with Gasteiger partial charge in [0, 0.05) is 12.1 Å². The van der Waals surface area contributed by atoms with Crippen molar-refractivity contribution in [1.82, 2.24) is 0 Å². The van der Waals surface area contributed by atoms with E-state index in [1.165, 1.54) is 6.07 Å². The van der Waals surface area contributed by atoms with Gasteiger partial charge in [-0.25, -0.2) is 4.39 Å². The third-order valence-electron chi connectivity index (χ3n) is 3.27. The van der Waals surface area contributed by atoms with Gasteiger partial charge in [-0.15, -0.1) is 0 Å². The molecule has 2 aromatic carbocycles. The SMILES string of the molecule is Nc1ccc(F)c(F)c1Oc1ccc2c(c1)CCC(=O)N2. The molecular formula is C15H12F2N2O2. The molecule has 3 rings (SSSR count). The lowest BCUT2D eigenvalue weighted by Crippen LogP contribution is -2.18. The fraction of sp³-hybridized carbons (Fsp3) is 0.133. The number of nitrogens with one attached hydrogen (secondary N) is 1. The molecule has 1 amide bonds. The van der Waals surface area contributed by atoms with Crippen LogP contribution in [0.4, 0.5) is 20.2 Å². The summed E-state index contributed by atoms with van der Waals surface area (Å²) >= 11 is 0. The largest absolute Gasteiger partial charge is 0.452 e. The van der Waals surface area contributed by atoms with Gasteiger partial charge >= 0.3 is 0 Å². The fourth-order valence-corrected chi connectivity index (χ4v) is 2.19. The molecule has 1 aliphatic rings. The quantitative estimate of drug-likeness (QED) is 0.835. The van der Waals surface area contributed by atoms with Gasteiger partial charge in [-0.2, -0.15) is 4.39 Å². The van der Waals surface area contributed by atoms with Crippen molar-refractivity contribution in [3.05, 3.63) is 47.5 Å². The first-order valence-corrected chi connectivity index (χ1v) is 6.38. The maximum atomic E-state index is 13.7. The lowest BCUT2D eigenvalue weighted by atomic mass is 10.0. The first-order valence-electron chi connectivity index (χ1n) is 6.38. The molecule has 0 unspecified atom stereocenters. The molecule has 3 N–H and O–H groups in total. The van der Waals surface area contributed by atoms with E-state index in [4.69, 9.17) is 10.5 Å². The average Bonchev–Trinajstić information content (AvgIpc) is 2.48. The predicted molar refractivity (Wildman–Crippen MR) is 74.2 cm³/mol. The Morgan fingerprint density at radius 1 is 1.14 bits per heavy atom. The topological polar surface area (TPSA) is 64.3 Å². The summed E-state index contributed by atoms with van der Waals surface area (Å²) < 4.78 is 32.3. The summed E-state index contributed by atoms with van der Waals surface area (Å²) in [5.41, 5.74) is 7.20. The molecule has 0 bridgehead atoms.